The molecule has 5 heteroatoms. The van der Waals surface area contributed by atoms with E-state index in [1.54, 1.807) is 11.8 Å². The van der Waals surface area contributed by atoms with Gasteiger partial charge in [-0.2, -0.15) is 0 Å². The molecule has 0 bridgehead atoms. The Labute approximate surface area is 146 Å². The summed E-state index contributed by atoms with van der Waals surface area (Å²) >= 11 is 0. The number of hydrogen-bond acceptors (Lipinski definition) is 4. The van der Waals surface area contributed by atoms with Crippen LogP contribution in [0.15, 0.2) is 12.2 Å². The second-order valence-electron chi connectivity index (χ2n) is 7.50. The summed E-state index contributed by atoms with van der Waals surface area (Å²) in [6.45, 7) is 7.88. The van der Waals surface area contributed by atoms with Gasteiger partial charge in [0, 0.05) is 19.2 Å². The third-order valence-electron chi connectivity index (χ3n) is 4.33. The highest BCUT2D eigenvalue weighted by molar-refractivity contribution is 5.81. The van der Waals surface area contributed by atoms with Gasteiger partial charge < -0.3 is 14.4 Å². The highest BCUT2D eigenvalue weighted by Crippen LogP contribution is 2.30. The van der Waals surface area contributed by atoms with E-state index in [0.29, 0.717) is 12.5 Å². The molecule has 1 saturated carbocycles. The molecule has 0 saturated heterocycles. The van der Waals surface area contributed by atoms with Crippen LogP contribution in [0.25, 0.3) is 0 Å². The number of esters is 1. The summed E-state index contributed by atoms with van der Waals surface area (Å²) in [5, 5.41) is 0. The van der Waals surface area contributed by atoms with Crippen molar-refractivity contribution >= 4 is 12.1 Å². The number of carbonyl (C=O) groups excluding carboxylic acids is 2. The van der Waals surface area contributed by atoms with Crippen molar-refractivity contribution in [3.8, 4) is 0 Å². The molecule has 1 fully saturated rings. The van der Waals surface area contributed by atoms with Crippen LogP contribution in [0.1, 0.15) is 66.2 Å². The normalized spacial score (nSPS) is 21.5. The van der Waals surface area contributed by atoms with Crippen LogP contribution in [-0.4, -0.2) is 42.3 Å². The van der Waals surface area contributed by atoms with Crippen LogP contribution in [-0.2, 0) is 14.3 Å². The van der Waals surface area contributed by atoms with E-state index in [2.05, 4.69) is 0 Å². The van der Waals surface area contributed by atoms with E-state index in [1.165, 1.54) is 6.08 Å². The van der Waals surface area contributed by atoms with Crippen molar-refractivity contribution in [3.63, 3.8) is 0 Å². The largest absolute Gasteiger partial charge is 0.463 e. The van der Waals surface area contributed by atoms with Gasteiger partial charge in [0.25, 0.3) is 0 Å². The highest BCUT2D eigenvalue weighted by Gasteiger charge is 2.28. The van der Waals surface area contributed by atoms with Crippen molar-refractivity contribution < 1.29 is 19.1 Å². The van der Waals surface area contributed by atoms with Gasteiger partial charge in [-0.1, -0.05) is 6.08 Å². The maximum atomic E-state index is 12.1. The maximum absolute atomic E-state index is 12.1. The first-order chi connectivity index (χ1) is 11.2. The Balaban J connectivity index is 2.28. The molecule has 24 heavy (non-hydrogen) atoms. The molecule has 1 amide bonds. The summed E-state index contributed by atoms with van der Waals surface area (Å²) in [4.78, 5) is 25.1. The average molecular weight is 339 g/mol. The van der Waals surface area contributed by atoms with Crippen molar-refractivity contribution in [2.24, 2.45) is 5.92 Å². The number of carbonyl (C=O) groups is 2. The molecule has 1 aliphatic rings. The number of amides is 1. The fourth-order valence-corrected chi connectivity index (χ4v) is 3.01. The lowest BCUT2D eigenvalue weighted by atomic mass is 9.83. The van der Waals surface area contributed by atoms with Crippen LogP contribution >= 0.6 is 0 Å². The van der Waals surface area contributed by atoms with Crippen molar-refractivity contribution in [1.82, 2.24) is 4.90 Å². The molecule has 0 spiro atoms. The molecule has 0 aromatic heterocycles. The van der Waals surface area contributed by atoms with Crippen LogP contribution in [0.3, 0.4) is 0 Å². The molecule has 0 radical (unpaired) electrons. The molecule has 0 N–H and O–H groups in total. The molecule has 1 aliphatic carbocycles. The van der Waals surface area contributed by atoms with Gasteiger partial charge in [0.15, 0.2) is 0 Å². The summed E-state index contributed by atoms with van der Waals surface area (Å²) in [5.74, 6) is 0.403. The Morgan fingerprint density at radius 2 is 1.79 bits per heavy atom. The first kappa shape index (κ1) is 20.5. The van der Waals surface area contributed by atoms with Gasteiger partial charge in [0.05, 0.1) is 6.61 Å². The Kier molecular flexibility index (Phi) is 8.29. The van der Waals surface area contributed by atoms with Gasteiger partial charge in [-0.15, -0.1) is 0 Å². The van der Waals surface area contributed by atoms with Gasteiger partial charge in [0.1, 0.15) is 5.60 Å². The minimum absolute atomic E-state index is 0.233. The second kappa shape index (κ2) is 9.70. The molecule has 0 unspecified atom stereocenters. The van der Waals surface area contributed by atoms with Gasteiger partial charge >= 0.3 is 12.1 Å². The van der Waals surface area contributed by atoms with E-state index in [9.17, 15) is 9.59 Å². The lowest BCUT2D eigenvalue weighted by Crippen LogP contribution is -2.42. The predicted molar refractivity (Wildman–Crippen MR) is 94.8 cm³/mol. The predicted octanol–water partition coefficient (Wildman–Crippen LogP) is 4.31. The Hall–Kier alpha value is -1.52. The third kappa shape index (κ3) is 7.84. The standard InChI is InChI=1S/C19H33NO4/c1-6-23-17(21)10-8-7-9-15-11-13-16(14-12-15)20(5)18(22)24-19(2,3)4/h8,10,15-16H,6-7,9,11-14H2,1-5H3/b10-8+. The van der Waals surface area contributed by atoms with Gasteiger partial charge in [-0.3, -0.25) is 0 Å². The second-order valence-corrected chi connectivity index (χ2v) is 7.50. The topological polar surface area (TPSA) is 55.8 Å². The van der Waals surface area contributed by atoms with Gasteiger partial charge in [-0.25, -0.2) is 9.59 Å². The minimum atomic E-state index is -0.451. The Morgan fingerprint density at radius 3 is 2.33 bits per heavy atom. The molecule has 5 nitrogen and oxygen atoms in total. The number of allylic oxidation sites excluding steroid dienone is 1. The average Bonchev–Trinajstić information content (AvgIpc) is 2.50. The number of nitrogens with zero attached hydrogens (tertiary/aromatic N) is 1. The smallest absolute Gasteiger partial charge is 0.410 e. The first-order valence-corrected chi connectivity index (χ1v) is 9.02. The van der Waals surface area contributed by atoms with Crippen molar-refractivity contribution in [3.05, 3.63) is 12.2 Å². The zero-order valence-electron chi connectivity index (χ0n) is 15.8. The Bertz CT molecular complexity index is 431. The lowest BCUT2D eigenvalue weighted by Gasteiger charge is -2.35. The quantitative estimate of drug-likeness (QED) is 0.534. The summed E-state index contributed by atoms with van der Waals surface area (Å²) in [6, 6.07) is 0.270. The molecule has 0 aromatic rings. The first-order valence-electron chi connectivity index (χ1n) is 9.02. The fraction of sp³-hybridized carbons (Fsp3) is 0.789. The summed E-state index contributed by atoms with van der Waals surface area (Å²) in [5.41, 5.74) is -0.451. The van der Waals surface area contributed by atoms with Crippen LogP contribution in [0.2, 0.25) is 0 Å². The van der Waals surface area contributed by atoms with Gasteiger partial charge in [0.2, 0.25) is 0 Å². The highest BCUT2D eigenvalue weighted by atomic mass is 16.6. The summed E-state index contributed by atoms with van der Waals surface area (Å²) < 4.78 is 10.3. The molecule has 138 valence electrons. The van der Waals surface area contributed by atoms with Crippen LogP contribution in [0, 0.1) is 5.92 Å². The van der Waals surface area contributed by atoms with Crippen molar-refractivity contribution in [1.29, 1.82) is 0 Å². The van der Waals surface area contributed by atoms with E-state index in [1.807, 2.05) is 33.9 Å². The summed E-state index contributed by atoms with van der Waals surface area (Å²) in [6.07, 6.45) is 9.43. The minimum Gasteiger partial charge on any atom is -0.463 e. The third-order valence-corrected chi connectivity index (χ3v) is 4.33. The molecule has 0 atom stereocenters. The molecular weight excluding hydrogens is 306 g/mol. The molecule has 1 rings (SSSR count). The zero-order chi connectivity index (χ0) is 18.2. The van der Waals surface area contributed by atoms with E-state index in [0.717, 1.165) is 38.5 Å². The number of hydrogen-bond donors (Lipinski definition) is 0. The van der Waals surface area contributed by atoms with Crippen LogP contribution in [0.5, 0.6) is 0 Å². The molecule has 0 aliphatic heterocycles. The van der Waals surface area contributed by atoms with E-state index in [4.69, 9.17) is 9.47 Å². The van der Waals surface area contributed by atoms with Gasteiger partial charge in [-0.05, 0) is 72.1 Å². The van der Waals surface area contributed by atoms with Crippen LogP contribution < -0.4 is 0 Å². The zero-order valence-corrected chi connectivity index (χ0v) is 15.8. The molecular formula is C19H33NO4. The van der Waals surface area contributed by atoms with E-state index < -0.39 is 5.60 Å². The summed E-state index contributed by atoms with van der Waals surface area (Å²) in [7, 11) is 1.83. The Morgan fingerprint density at radius 1 is 1.17 bits per heavy atom. The molecule has 0 heterocycles. The number of ether oxygens (including phenoxy) is 2. The fourth-order valence-electron chi connectivity index (χ4n) is 3.01. The monoisotopic (exact) mass is 339 g/mol. The lowest BCUT2D eigenvalue weighted by molar-refractivity contribution is -0.137. The van der Waals surface area contributed by atoms with Crippen molar-refractivity contribution in [2.45, 2.75) is 77.9 Å². The number of rotatable bonds is 6. The van der Waals surface area contributed by atoms with E-state index in [-0.39, 0.29) is 18.1 Å². The van der Waals surface area contributed by atoms with Crippen molar-refractivity contribution in [2.75, 3.05) is 13.7 Å². The SMILES string of the molecule is CCOC(=O)/C=C/CCC1CCC(N(C)C(=O)OC(C)(C)C)CC1. The maximum Gasteiger partial charge on any atom is 0.410 e. The van der Waals surface area contributed by atoms with Crippen LogP contribution in [0.4, 0.5) is 4.79 Å². The van der Waals surface area contributed by atoms with E-state index >= 15 is 0 Å². The molecule has 0 aromatic carbocycles.